The average molecular weight is 605 g/mol. The van der Waals surface area contributed by atoms with Gasteiger partial charge >= 0.3 is 6.09 Å². The topological polar surface area (TPSA) is 125 Å². The summed E-state index contributed by atoms with van der Waals surface area (Å²) in [7, 11) is 3.32. The second-order valence-corrected chi connectivity index (χ2v) is 12.6. The van der Waals surface area contributed by atoms with E-state index in [-0.39, 0.29) is 30.9 Å². The third kappa shape index (κ3) is 6.23. The number of rotatable bonds is 8. The molecule has 0 saturated heterocycles. The number of hydrogen-bond acceptors (Lipinski definition) is 8. The van der Waals surface area contributed by atoms with E-state index in [0.717, 1.165) is 5.39 Å². The molecular weight excluding hydrogens is 567 g/mol. The van der Waals surface area contributed by atoms with Crippen LogP contribution in [0.3, 0.4) is 0 Å². The Morgan fingerprint density at radius 1 is 1.16 bits per heavy atom. The highest BCUT2D eigenvalue weighted by molar-refractivity contribution is 6.01. The van der Waals surface area contributed by atoms with Gasteiger partial charge in [0.1, 0.15) is 46.1 Å². The van der Waals surface area contributed by atoms with Crippen LogP contribution in [0.15, 0.2) is 48.7 Å². The lowest BCUT2D eigenvalue weighted by atomic mass is 9.87. The summed E-state index contributed by atoms with van der Waals surface area (Å²) >= 11 is 0. The lowest BCUT2D eigenvalue weighted by Gasteiger charge is -2.29. The Kier molecular flexibility index (Phi) is 7.88. The maximum Gasteiger partial charge on any atom is 0.408 e. The molecule has 2 atom stereocenters. The highest BCUT2D eigenvalue weighted by atomic mass is 19.1. The van der Waals surface area contributed by atoms with Crippen LogP contribution in [0.4, 0.5) is 9.18 Å². The summed E-state index contributed by atoms with van der Waals surface area (Å²) in [5.74, 6) is 0.293. The Labute approximate surface area is 255 Å². The van der Waals surface area contributed by atoms with Crippen LogP contribution in [0.1, 0.15) is 69.1 Å². The van der Waals surface area contributed by atoms with Crippen molar-refractivity contribution in [3.8, 4) is 22.8 Å². The van der Waals surface area contributed by atoms with E-state index in [0.29, 0.717) is 39.4 Å². The smallest absolute Gasteiger partial charge is 0.408 e. The van der Waals surface area contributed by atoms with Gasteiger partial charge in [0.05, 0.1) is 12.8 Å². The number of fused-ring (bicyclic) bond motifs is 2. The highest BCUT2D eigenvalue weighted by Crippen LogP contribution is 2.45. The molecule has 0 unspecified atom stereocenters. The molecular formula is C33H37FN4O6. The number of alkyl carbamates (subject to hydrolysis) is 1. The Morgan fingerprint density at radius 3 is 2.52 bits per heavy atom. The number of nitrogens with one attached hydrogen (secondary N) is 1. The van der Waals surface area contributed by atoms with Crippen molar-refractivity contribution in [1.29, 1.82) is 0 Å². The van der Waals surface area contributed by atoms with Crippen LogP contribution < -0.4 is 14.8 Å². The molecule has 1 amide bonds. The van der Waals surface area contributed by atoms with Crippen molar-refractivity contribution >= 4 is 22.8 Å². The van der Waals surface area contributed by atoms with Gasteiger partial charge in [0, 0.05) is 41.7 Å². The van der Waals surface area contributed by atoms with E-state index in [9.17, 15) is 19.1 Å². The fourth-order valence-corrected chi connectivity index (χ4v) is 5.26. The standard InChI is InChI=1S/C33H37FN4O6/c1-31(2,3)44-30(40)36-32(4)18-43-29-23(32)16-26(35-28(29)19-8-10-22(34)11-9-19)33(5,41)13-12-24(39)20-14-21-17-38(6)37-27(21)25(15-20)42-7/h8-11,14-17,41H,12-13,18H2,1-7H3,(H,36,40)/t32-,33-/m0/s1. The molecule has 11 heteroatoms. The highest BCUT2D eigenvalue weighted by Gasteiger charge is 2.43. The molecule has 0 aliphatic carbocycles. The van der Waals surface area contributed by atoms with Crippen LogP contribution in [0.2, 0.25) is 0 Å². The number of aromatic nitrogens is 3. The van der Waals surface area contributed by atoms with Gasteiger partial charge in [-0.1, -0.05) is 0 Å². The number of ketones is 1. The van der Waals surface area contributed by atoms with E-state index in [4.69, 9.17) is 19.2 Å². The molecule has 0 radical (unpaired) electrons. The summed E-state index contributed by atoms with van der Waals surface area (Å²) in [6, 6.07) is 10.9. The van der Waals surface area contributed by atoms with E-state index in [2.05, 4.69) is 10.4 Å². The number of aryl methyl sites for hydroxylation is 1. The van der Waals surface area contributed by atoms with Crippen molar-refractivity contribution in [3.63, 3.8) is 0 Å². The molecule has 1 aliphatic heterocycles. The maximum absolute atomic E-state index is 13.8. The van der Waals surface area contributed by atoms with E-state index < -0.39 is 28.7 Å². The molecule has 0 spiro atoms. The minimum atomic E-state index is -1.56. The molecule has 5 rings (SSSR count). The molecule has 44 heavy (non-hydrogen) atoms. The van der Waals surface area contributed by atoms with Crippen LogP contribution >= 0.6 is 0 Å². The zero-order chi connectivity index (χ0) is 32.0. The van der Waals surface area contributed by atoms with Crippen molar-refractivity contribution in [2.24, 2.45) is 7.05 Å². The van der Waals surface area contributed by atoms with Crippen LogP contribution in [-0.4, -0.2) is 51.1 Å². The number of halogens is 1. The van der Waals surface area contributed by atoms with Gasteiger partial charge in [-0.15, -0.1) is 0 Å². The number of carbonyl (C=O) groups excluding carboxylic acids is 2. The zero-order valence-electron chi connectivity index (χ0n) is 25.9. The van der Waals surface area contributed by atoms with Gasteiger partial charge in [0.15, 0.2) is 11.5 Å². The summed E-state index contributed by atoms with van der Waals surface area (Å²) < 4.78 is 32.5. The van der Waals surface area contributed by atoms with Crippen molar-refractivity contribution < 1.29 is 33.3 Å². The monoisotopic (exact) mass is 604 g/mol. The Morgan fingerprint density at radius 2 is 1.86 bits per heavy atom. The third-order valence-corrected chi connectivity index (χ3v) is 7.59. The first kappa shape index (κ1) is 30.9. The first-order valence-corrected chi connectivity index (χ1v) is 14.3. The maximum atomic E-state index is 13.8. The number of pyridine rings is 1. The number of carbonyl (C=O) groups is 2. The first-order valence-electron chi connectivity index (χ1n) is 14.3. The fourth-order valence-electron chi connectivity index (χ4n) is 5.26. The predicted octanol–water partition coefficient (Wildman–Crippen LogP) is 5.79. The van der Waals surface area contributed by atoms with Crippen molar-refractivity contribution in [2.45, 2.75) is 64.2 Å². The number of hydrogen-bond donors (Lipinski definition) is 2. The number of amides is 1. The summed E-state index contributed by atoms with van der Waals surface area (Å²) in [4.78, 5) is 30.9. The van der Waals surface area contributed by atoms with E-state index in [1.54, 1.807) is 82.9 Å². The van der Waals surface area contributed by atoms with Crippen molar-refractivity contribution in [2.75, 3.05) is 13.7 Å². The van der Waals surface area contributed by atoms with Crippen LogP contribution in [0.5, 0.6) is 11.5 Å². The molecule has 0 saturated carbocycles. The molecule has 0 bridgehead atoms. The van der Waals surface area contributed by atoms with E-state index in [1.165, 1.54) is 19.2 Å². The largest absolute Gasteiger partial charge is 0.494 e. The lowest BCUT2D eigenvalue weighted by molar-refractivity contribution is 0.0395. The van der Waals surface area contributed by atoms with Crippen molar-refractivity contribution in [1.82, 2.24) is 20.1 Å². The molecule has 10 nitrogen and oxygen atoms in total. The minimum absolute atomic E-state index is 0.0104. The summed E-state index contributed by atoms with van der Waals surface area (Å²) in [5, 5.41) is 19.8. The van der Waals surface area contributed by atoms with Gasteiger partial charge in [-0.05, 0) is 83.5 Å². The molecule has 2 N–H and O–H groups in total. The third-order valence-electron chi connectivity index (χ3n) is 7.59. The van der Waals surface area contributed by atoms with Crippen LogP contribution in [0, 0.1) is 5.82 Å². The van der Waals surface area contributed by atoms with Crippen LogP contribution in [-0.2, 0) is 22.9 Å². The second-order valence-electron chi connectivity index (χ2n) is 12.6. The Bertz CT molecular complexity index is 1740. The van der Waals surface area contributed by atoms with Gasteiger partial charge < -0.3 is 24.6 Å². The predicted molar refractivity (Wildman–Crippen MR) is 162 cm³/mol. The number of ether oxygens (including phenoxy) is 3. The molecule has 2 aromatic carbocycles. The normalized spacial score (nSPS) is 17.5. The minimum Gasteiger partial charge on any atom is -0.494 e. The quantitative estimate of drug-likeness (QED) is 0.242. The Balaban J connectivity index is 1.48. The molecule has 3 heterocycles. The summed E-state index contributed by atoms with van der Waals surface area (Å²) in [5.41, 5.74) is -0.414. The Hall–Kier alpha value is -4.51. The fraction of sp³-hybridized carbons (Fsp3) is 0.394. The van der Waals surface area contributed by atoms with Crippen molar-refractivity contribution in [3.05, 3.63) is 71.3 Å². The molecule has 4 aromatic rings. The molecule has 1 aliphatic rings. The molecule has 232 valence electrons. The SMILES string of the molecule is COc1cc(C(=O)CC[C@](C)(O)c2cc3c(c(-c4ccc(F)cc4)n2)OC[C@]3(C)NC(=O)OC(C)(C)C)cc2cn(C)nc12. The second kappa shape index (κ2) is 11.2. The summed E-state index contributed by atoms with van der Waals surface area (Å²) in [6.07, 6.45) is 1.23. The number of methoxy groups -OCH3 is 1. The average Bonchev–Trinajstić information content (AvgIpc) is 3.48. The molecule has 2 aromatic heterocycles. The van der Waals surface area contributed by atoms with E-state index >= 15 is 0 Å². The number of nitrogens with zero attached hydrogens (tertiary/aromatic N) is 3. The van der Waals surface area contributed by atoms with Gasteiger partial charge in [0.2, 0.25) is 0 Å². The number of Topliss-reactive ketones (excluding diaryl/α,β-unsaturated/α-hetero) is 1. The van der Waals surface area contributed by atoms with Gasteiger partial charge in [-0.2, -0.15) is 5.10 Å². The van der Waals surface area contributed by atoms with E-state index in [1.807, 2.05) is 0 Å². The lowest BCUT2D eigenvalue weighted by Crippen LogP contribution is -2.47. The summed E-state index contributed by atoms with van der Waals surface area (Å²) in [6.45, 7) is 8.77. The zero-order valence-corrected chi connectivity index (χ0v) is 25.9. The first-order chi connectivity index (χ1) is 20.6. The van der Waals surface area contributed by atoms with Gasteiger partial charge in [-0.25, -0.2) is 14.2 Å². The molecule has 0 fully saturated rings. The number of aliphatic hydroxyl groups is 1. The van der Waals surface area contributed by atoms with Crippen LogP contribution in [0.25, 0.3) is 22.2 Å². The van der Waals surface area contributed by atoms with Gasteiger partial charge in [-0.3, -0.25) is 9.48 Å². The van der Waals surface area contributed by atoms with Gasteiger partial charge in [0.25, 0.3) is 0 Å². The number of benzene rings is 2.